The van der Waals surface area contributed by atoms with Crippen molar-refractivity contribution < 1.29 is 30.9 Å². The Kier molecular flexibility index (Phi) is 6.92. The first kappa shape index (κ1) is 25.5. The minimum Gasteiger partial charge on any atom is -0.359 e. The van der Waals surface area contributed by atoms with E-state index in [9.17, 15) is 26.3 Å². The minimum atomic E-state index is -5.02. The van der Waals surface area contributed by atoms with Crippen LogP contribution in [-0.2, 0) is 18.9 Å². The van der Waals surface area contributed by atoms with Crippen molar-refractivity contribution in [3.8, 4) is 22.6 Å². The molecule has 192 valence electrons. The van der Waals surface area contributed by atoms with Crippen molar-refractivity contribution in [3.63, 3.8) is 0 Å². The predicted molar refractivity (Wildman–Crippen MR) is 118 cm³/mol. The molecular weight excluding hydrogens is 490 g/mol. The number of fused-ring (bicyclic) bond motifs is 1. The summed E-state index contributed by atoms with van der Waals surface area (Å²) in [4.78, 5) is 11.1. The van der Waals surface area contributed by atoms with Crippen LogP contribution in [0, 0.1) is 0 Å². The fourth-order valence-electron chi connectivity index (χ4n) is 3.68. The second kappa shape index (κ2) is 9.78. The molecular formula is C23H22F6N6O. The summed E-state index contributed by atoms with van der Waals surface area (Å²) in [6, 6.07) is 2.63. The number of benzene rings is 1. The molecule has 1 aromatic carbocycles. The number of hydrogen-bond acceptors (Lipinski definition) is 6. The van der Waals surface area contributed by atoms with E-state index in [1.807, 2.05) is 6.92 Å². The average molecular weight is 512 g/mol. The Morgan fingerprint density at radius 1 is 0.944 bits per heavy atom. The zero-order valence-electron chi connectivity index (χ0n) is 19.4. The standard InChI is InChI=1S/C23H22F6N6O/c1-3-5-8-34(4-2)21-31-19-11-30-35(13-20(19)32-21)12-15-10-18(33-36-15)16-7-6-14(22(24,25)26)9-17(16)23(27,28)29/h6-7,9-11,13H,3-5,8,12H2,1-2H3. The number of rotatable bonds is 8. The van der Waals surface area contributed by atoms with Gasteiger partial charge in [-0.25, -0.2) is 9.97 Å². The molecule has 0 amide bonds. The first-order valence-corrected chi connectivity index (χ1v) is 11.2. The van der Waals surface area contributed by atoms with Crippen LogP contribution in [0.25, 0.3) is 22.6 Å². The maximum absolute atomic E-state index is 13.5. The second-order valence-electron chi connectivity index (χ2n) is 8.13. The van der Waals surface area contributed by atoms with E-state index in [1.54, 1.807) is 6.20 Å². The number of hydrogen-bond donors (Lipinski definition) is 0. The van der Waals surface area contributed by atoms with E-state index in [0.717, 1.165) is 32.0 Å². The van der Waals surface area contributed by atoms with E-state index in [2.05, 4.69) is 32.0 Å². The Labute approximate surface area is 202 Å². The second-order valence-corrected chi connectivity index (χ2v) is 8.13. The zero-order valence-corrected chi connectivity index (χ0v) is 19.4. The van der Waals surface area contributed by atoms with Gasteiger partial charge in [-0.1, -0.05) is 24.6 Å². The minimum absolute atomic E-state index is 0.0143. The van der Waals surface area contributed by atoms with Crippen LogP contribution in [0.4, 0.5) is 32.3 Å². The van der Waals surface area contributed by atoms with Gasteiger partial charge in [0.15, 0.2) is 5.76 Å². The summed E-state index contributed by atoms with van der Waals surface area (Å²) in [6.07, 6.45) is -4.75. The number of alkyl halides is 6. The van der Waals surface area contributed by atoms with E-state index < -0.39 is 29.0 Å². The average Bonchev–Trinajstić information content (AvgIpc) is 3.45. The largest absolute Gasteiger partial charge is 0.417 e. The quantitative estimate of drug-likeness (QED) is 0.264. The number of halogens is 6. The molecule has 13 heteroatoms. The molecule has 7 nitrogen and oxygen atoms in total. The summed E-state index contributed by atoms with van der Waals surface area (Å²) < 4.78 is 86.0. The van der Waals surface area contributed by atoms with Gasteiger partial charge in [-0.3, -0.25) is 4.68 Å². The molecule has 0 saturated carbocycles. The summed E-state index contributed by atoms with van der Waals surface area (Å²) in [7, 11) is 0. The van der Waals surface area contributed by atoms with E-state index in [0.29, 0.717) is 23.4 Å². The van der Waals surface area contributed by atoms with Gasteiger partial charge in [-0.2, -0.15) is 31.4 Å². The molecule has 3 heterocycles. The topological polar surface area (TPSA) is 72.9 Å². The van der Waals surface area contributed by atoms with Crippen LogP contribution < -0.4 is 4.90 Å². The van der Waals surface area contributed by atoms with Gasteiger partial charge < -0.3 is 9.42 Å². The molecule has 0 saturated heterocycles. The zero-order chi connectivity index (χ0) is 26.1. The van der Waals surface area contributed by atoms with Crippen molar-refractivity contribution in [2.24, 2.45) is 0 Å². The van der Waals surface area contributed by atoms with Crippen LogP contribution in [0.3, 0.4) is 0 Å². The monoisotopic (exact) mass is 512 g/mol. The van der Waals surface area contributed by atoms with Crippen molar-refractivity contribution in [2.45, 2.75) is 45.6 Å². The molecule has 36 heavy (non-hydrogen) atoms. The highest BCUT2D eigenvalue weighted by Crippen LogP contribution is 2.40. The molecule has 0 unspecified atom stereocenters. The van der Waals surface area contributed by atoms with Crippen molar-refractivity contribution in [1.82, 2.24) is 24.9 Å². The van der Waals surface area contributed by atoms with Crippen LogP contribution >= 0.6 is 0 Å². The highest BCUT2D eigenvalue weighted by Gasteiger charge is 2.39. The maximum Gasteiger partial charge on any atom is 0.417 e. The maximum atomic E-state index is 13.5. The van der Waals surface area contributed by atoms with Gasteiger partial charge in [0.25, 0.3) is 0 Å². The summed E-state index contributed by atoms with van der Waals surface area (Å²) in [5.41, 5.74) is -2.44. The fourth-order valence-corrected chi connectivity index (χ4v) is 3.68. The Bertz CT molecular complexity index is 1290. The van der Waals surface area contributed by atoms with Gasteiger partial charge in [0.1, 0.15) is 23.6 Å². The molecule has 1 aromatic heterocycles. The molecule has 0 radical (unpaired) electrons. The van der Waals surface area contributed by atoms with E-state index >= 15 is 0 Å². The predicted octanol–water partition coefficient (Wildman–Crippen LogP) is 6.15. The molecule has 4 rings (SSSR count). The number of nitrogens with zero attached hydrogens (tertiary/aromatic N) is 6. The molecule has 0 spiro atoms. The first-order chi connectivity index (χ1) is 17.0. The van der Waals surface area contributed by atoms with E-state index in [1.165, 1.54) is 16.9 Å². The fraction of sp³-hybridized carbons (Fsp3) is 0.391. The van der Waals surface area contributed by atoms with Crippen molar-refractivity contribution in [3.05, 3.63) is 53.5 Å². The third-order valence-electron chi connectivity index (χ3n) is 5.55. The molecule has 2 aliphatic rings. The van der Waals surface area contributed by atoms with Gasteiger partial charge >= 0.3 is 12.4 Å². The van der Waals surface area contributed by atoms with Gasteiger partial charge in [0.05, 0.1) is 23.5 Å². The van der Waals surface area contributed by atoms with Crippen LogP contribution in [-0.4, -0.2) is 38.0 Å². The molecule has 0 bridgehead atoms. The summed E-state index contributed by atoms with van der Waals surface area (Å²) >= 11 is 0. The van der Waals surface area contributed by atoms with Crippen molar-refractivity contribution in [2.75, 3.05) is 18.0 Å². The van der Waals surface area contributed by atoms with Crippen molar-refractivity contribution in [1.29, 1.82) is 0 Å². The van der Waals surface area contributed by atoms with Gasteiger partial charge in [-0.15, -0.1) is 0 Å². The molecule has 0 fully saturated rings. The number of aromatic nitrogens is 5. The van der Waals surface area contributed by atoms with Gasteiger partial charge in [-0.05, 0) is 25.5 Å². The molecule has 2 aromatic rings. The number of anilines is 1. The molecule has 2 aliphatic heterocycles. The number of unbranched alkanes of at least 4 members (excludes halogenated alkanes) is 1. The van der Waals surface area contributed by atoms with Crippen LogP contribution in [0.5, 0.6) is 0 Å². The first-order valence-electron chi connectivity index (χ1n) is 11.2. The lowest BCUT2D eigenvalue weighted by molar-refractivity contribution is -0.142. The summed E-state index contributed by atoms with van der Waals surface area (Å²) in [6.45, 7) is 5.69. The summed E-state index contributed by atoms with van der Waals surface area (Å²) in [5.74, 6) is 0.747. The highest BCUT2D eigenvalue weighted by atomic mass is 19.4. The van der Waals surface area contributed by atoms with Crippen LogP contribution in [0.1, 0.15) is 43.6 Å². The Morgan fingerprint density at radius 3 is 2.36 bits per heavy atom. The van der Waals surface area contributed by atoms with Crippen LogP contribution in [0.15, 0.2) is 41.2 Å². The highest BCUT2D eigenvalue weighted by molar-refractivity contribution is 5.65. The SMILES string of the molecule is CCCCN(CC)c1nc2cnn(Cc3cc(-c4ccc(C(F)(F)F)cc4C(F)(F)F)no3)cc-2n1. The van der Waals surface area contributed by atoms with Crippen molar-refractivity contribution >= 4 is 5.95 Å². The normalized spacial score (nSPS) is 12.4. The molecule has 0 atom stereocenters. The van der Waals surface area contributed by atoms with E-state index in [-0.39, 0.29) is 24.1 Å². The Hall–Kier alpha value is -3.64. The lowest BCUT2D eigenvalue weighted by Crippen LogP contribution is -2.24. The lowest BCUT2D eigenvalue weighted by Gasteiger charge is -2.18. The lowest BCUT2D eigenvalue weighted by atomic mass is 10.0. The van der Waals surface area contributed by atoms with Gasteiger partial charge in [0, 0.05) is 24.7 Å². The van der Waals surface area contributed by atoms with Crippen LogP contribution in [0.2, 0.25) is 0 Å². The molecule has 0 aliphatic carbocycles. The summed E-state index contributed by atoms with van der Waals surface area (Å²) in [5, 5.41) is 7.89. The third kappa shape index (κ3) is 5.44. The third-order valence-corrected chi connectivity index (χ3v) is 5.55. The van der Waals surface area contributed by atoms with E-state index in [4.69, 9.17) is 4.52 Å². The molecule has 0 N–H and O–H groups in total. The Morgan fingerprint density at radius 2 is 1.69 bits per heavy atom. The smallest absolute Gasteiger partial charge is 0.359 e. The number of imidazole rings is 1. The van der Waals surface area contributed by atoms with Gasteiger partial charge in [0.2, 0.25) is 5.95 Å². The Balaban J connectivity index is 1.59.